The number of aromatic nitrogens is 1. The molecule has 10 unspecified atom stereocenters. The van der Waals surface area contributed by atoms with Gasteiger partial charge in [0.1, 0.15) is 17.1 Å². The molecule has 4 rings (SSSR count). The normalized spacial score (nSPS) is 37.2. The van der Waals surface area contributed by atoms with Crippen molar-refractivity contribution in [3.63, 3.8) is 0 Å². The molecular weight excluding hydrogens is 578 g/mol. The lowest BCUT2D eigenvalue weighted by Crippen LogP contribution is -2.53. The fourth-order valence-electron chi connectivity index (χ4n) is 7.45. The second-order valence-electron chi connectivity index (χ2n) is 13.4. The van der Waals surface area contributed by atoms with Crippen LogP contribution in [0.1, 0.15) is 73.4 Å². The molecule has 1 aromatic carbocycles. The number of aliphatic hydroxyl groups is 1. The second-order valence-corrected chi connectivity index (χ2v) is 14.7. The Balaban J connectivity index is 1.66. The third kappa shape index (κ3) is 7.00. The van der Waals surface area contributed by atoms with Crippen LogP contribution in [0, 0.1) is 29.6 Å². The zero-order chi connectivity index (χ0) is 32.4. The van der Waals surface area contributed by atoms with E-state index in [0.717, 1.165) is 16.6 Å². The number of cyclic esters (lactones) is 1. The van der Waals surface area contributed by atoms with Crippen molar-refractivity contribution in [1.82, 2.24) is 4.98 Å². The predicted octanol–water partition coefficient (Wildman–Crippen LogP) is 5.81. The number of pyridine rings is 1. The van der Waals surface area contributed by atoms with Crippen molar-refractivity contribution < 1.29 is 33.7 Å². The van der Waals surface area contributed by atoms with E-state index >= 15 is 0 Å². The molecule has 44 heavy (non-hydrogen) atoms. The summed E-state index contributed by atoms with van der Waals surface area (Å²) >= 11 is 1.48. The highest BCUT2D eigenvalue weighted by Crippen LogP contribution is 2.48. The minimum atomic E-state index is -1.22. The largest absolute Gasteiger partial charge is 0.458 e. The third-order valence-electron chi connectivity index (χ3n) is 10.0. The van der Waals surface area contributed by atoms with Crippen molar-refractivity contribution in [2.45, 2.75) is 103 Å². The maximum absolute atomic E-state index is 14.1. The van der Waals surface area contributed by atoms with Gasteiger partial charge in [-0.25, -0.2) is 0 Å². The second kappa shape index (κ2) is 13.9. The smallest absolute Gasteiger partial charge is 0.320 e. The summed E-state index contributed by atoms with van der Waals surface area (Å²) in [5.41, 5.74) is -0.0667. The summed E-state index contributed by atoms with van der Waals surface area (Å²) in [6.45, 7) is 13.0. The fraction of sp³-hybridized carbons (Fsp3) is 0.657. The van der Waals surface area contributed by atoms with E-state index in [-0.39, 0.29) is 17.6 Å². The monoisotopic (exact) mass is 627 g/mol. The molecule has 2 aliphatic rings. The van der Waals surface area contributed by atoms with Gasteiger partial charge in [0.2, 0.25) is 0 Å². The summed E-state index contributed by atoms with van der Waals surface area (Å²) in [5.74, 6) is -2.85. The van der Waals surface area contributed by atoms with Crippen molar-refractivity contribution >= 4 is 40.4 Å². The first-order chi connectivity index (χ1) is 20.7. The summed E-state index contributed by atoms with van der Waals surface area (Å²) in [5, 5.41) is 11.6. The van der Waals surface area contributed by atoms with Crippen LogP contribution < -0.4 is 0 Å². The number of Topliss-reactive ketones (excluding diaryl/α,β-unsaturated/α-hetero) is 1. The van der Waals surface area contributed by atoms with Crippen LogP contribution in [0.5, 0.6) is 0 Å². The fourth-order valence-corrected chi connectivity index (χ4v) is 8.93. The van der Waals surface area contributed by atoms with Gasteiger partial charge in [-0.05, 0) is 70.3 Å². The van der Waals surface area contributed by atoms with Crippen molar-refractivity contribution in [2.75, 3.05) is 12.9 Å². The lowest BCUT2D eigenvalue weighted by atomic mass is 9.70. The molecule has 2 saturated heterocycles. The Morgan fingerprint density at radius 2 is 1.70 bits per heavy atom. The molecular formula is C35H49NO7S. The Bertz CT molecular complexity index is 1350. The summed E-state index contributed by atoms with van der Waals surface area (Å²) < 4.78 is 18.1. The van der Waals surface area contributed by atoms with Crippen LogP contribution in [-0.2, 0) is 35.0 Å². The van der Waals surface area contributed by atoms with Crippen molar-refractivity contribution in [1.29, 1.82) is 0 Å². The number of esters is 2. The van der Waals surface area contributed by atoms with Crippen LogP contribution in [0.2, 0.25) is 0 Å². The highest BCUT2D eigenvalue weighted by molar-refractivity contribution is 8.00. The molecule has 3 heterocycles. The van der Waals surface area contributed by atoms with Crippen LogP contribution >= 0.6 is 11.8 Å². The van der Waals surface area contributed by atoms with Crippen molar-refractivity contribution in [3.8, 4) is 0 Å². The van der Waals surface area contributed by atoms with Gasteiger partial charge in [-0.1, -0.05) is 52.0 Å². The molecule has 0 aliphatic carbocycles. The van der Waals surface area contributed by atoms with Gasteiger partial charge in [-0.15, -0.1) is 11.8 Å². The van der Waals surface area contributed by atoms with Gasteiger partial charge in [0.15, 0.2) is 5.60 Å². The van der Waals surface area contributed by atoms with Crippen molar-refractivity contribution in [3.05, 3.63) is 42.1 Å². The minimum Gasteiger partial charge on any atom is -0.458 e. The van der Waals surface area contributed by atoms with E-state index in [1.807, 2.05) is 65.0 Å². The van der Waals surface area contributed by atoms with Crippen LogP contribution in [0.25, 0.3) is 10.9 Å². The van der Waals surface area contributed by atoms with Gasteiger partial charge in [-0.3, -0.25) is 19.4 Å². The molecule has 0 saturated carbocycles. The van der Waals surface area contributed by atoms with E-state index in [9.17, 15) is 19.5 Å². The average Bonchev–Trinajstić information content (AvgIpc) is 3.26. The topological polar surface area (TPSA) is 112 Å². The number of aliphatic hydroxyl groups excluding tert-OH is 1. The molecule has 9 heteroatoms. The number of aryl methyl sites for hydroxylation is 1. The Hall–Kier alpha value is -2.49. The number of benzene rings is 1. The summed E-state index contributed by atoms with van der Waals surface area (Å²) in [6.07, 6.45) is 0.205. The number of methoxy groups -OCH3 is 1. The van der Waals surface area contributed by atoms with E-state index in [1.165, 1.54) is 11.8 Å². The number of ether oxygens (including phenoxy) is 3. The molecule has 1 N–H and O–H groups in total. The summed E-state index contributed by atoms with van der Waals surface area (Å²) in [7, 11) is 1.62. The predicted molar refractivity (Wildman–Crippen MR) is 172 cm³/mol. The number of ketones is 1. The van der Waals surface area contributed by atoms with E-state index < -0.39 is 58.4 Å². The van der Waals surface area contributed by atoms with Crippen molar-refractivity contribution in [2.24, 2.45) is 29.6 Å². The van der Waals surface area contributed by atoms with Crippen LogP contribution in [0.3, 0.4) is 0 Å². The quantitative estimate of drug-likeness (QED) is 0.397. The lowest BCUT2D eigenvalue weighted by Gasteiger charge is -2.42. The molecule has 2 fully saturated rings. The van der Waals surface area contributed by atoms with Gasteiger partial charge >= 0.3 is 11.9 Å². The van der Waals surface area contributed by atoms with Crippen LogP contribution in [-0.4, -0.2) is 69.3 Å². The number of carbonyl (C=O) groups excluding carboxylic acids is 3. The van der Waals surface area contributed by atoms with Gasteiger partial charge in [0.05, 0.1) is 23.1 Å². The van der Waals surface area contributed by atoms with Crippen LogP contribution in [0.4, 0.5) is 0 Å². The Labute approximate surface area is 266 Å². The molecule has 2 aromatic rings. The number of hydrogen-bond donors (Lipinski definition) is 1. The number of carbonyl (C=O) groups is 3. The molecule has 8 nitrogen and oxygen atoms in total. The lowest BCUT2D eigenvalue weighted by molar-refractivity contribution is -0.186. The highest BCUT2D eigenvalue weighted by Gasteiger charge is 2.61. The molecule has 0 bridgehead atoms. The molecule has 242 valence electrons. The number of fused-ring (bicyclic) bond motifs is 2. The zero-order valence-electron chi connectivity index (χ0n) is 27.4. The Morgan fingerprint density at radius 3 is 2.39 bits per heavy atom. The van der Waals surface area contributed by atoms with Crippen LogP contribution in [0.15, 0.2) is 36.4 Å². The number of para-hydroxylation sites is 1. The summed E-state index contributed by atoms with van der Waals surface area (Å²) in [6, 6.07) is 12.0. The van der Waals surface area contributed by atoms with Gasteiger partial charge in [0.25, 0.3) is 0 Å². The zero-order valence-corrected chi connectivity index (χ0v) is 28.2. The van der Waals surface area contributed by atoms with E-state index in [4.69, 9.17) is 19.2 Å². The first kappa shape index (κ1) is 34.4. The molecule has 0 spiro atoms. The van der Waals surface area contributed by atoms with E-state index in [0.29, 0.717) is 31.4 Å². The Morgan fingerprint density at radius 1 is 1.00 bits per heavy atom. The maximum Gasteiger partial charge on any atom is 0.320 e. The number of thioether (sulfide) groups is 1. The maximum atomic E-state index is 14.1. The number of hydrogen-bond acceptors (Lipinski definition) is 9. The highest BCUT2D eigenvalue weighted by atomic mass is 32.2. The summed E-state index contributed by atoms with van der Waals surface area (Å²) in [4.78, 5) is 46.0. The average molecular weight is 628 g/mol. The molecule has 0 radical (unpaired) electrons. The van der Waals surface area contributed by atoms with Gasteiger partial charge in [-0.2, -0.15) is 0 Å². The first-order valence-corrected chi connectivity index (χ1v) is 17.0. The molecule has 2 aliphatic heterocycles. The number of nitrogens with zero attached hydrogens (tertiary/aromatic N) is 1. The molecule has 1 aromatic heterocycles. The van der Waals surface area contributed by atoms with Gasteiger partial charge in [0, 0.05) is 35.9 Å². The standard InChI is InChI=1S/C35H49NO7S/c1-9-27-35(7)28(31(33(40)43-35)44-17-16-25-15-14-24-12-10-11-13-26(24)36-25)22(4)29(37)20(2)18-34(6,41-8)19-21(3)30(38)23(5)32(39)42-27/h10-15,20-23,27-28,30-31,38H,9,16-19H2,1-8H3. The van der Waals surface area contributed by atoms with E-state index in [2.05, 4.69) is 6.07 Å². The SMILES string of the molecule is CCC1OC(=O)C(C)C(O)C(C)CC(C)(OC)CC(C)C(=O)C(C)C2C(SCCc3ccc4ccccc4n3)C(=O)OC12C. The molecule has 0 amide bonds. The first-order valence-electron chi connectivity index (χ1n) is 15.9. The third-order valence-corrected chi connectivity index (χ3v) is 11.3. The molecule has 10 atom stereocenters. The minimum absolute atomic E-state index is 0.0180. The van der Waals surface area contributed by atoms with Gasteiger partial charge < -0.3 is 19.3 Å². The van der Waals surface area contributed by atoms with E-state index in [1.54, 1.807) is 21.0 Å². The Kier molecular flexibility index (Phi) is 10.8. The number of rotatable bonds is 6.